The highest BCUT2D eigenvalue weighted by Crippen LogP contribution is 2.12. The van der Waals surface area contributed by atoms with Crippen molar-refractivity contribution in [3.63, 3.8) is 0 Å². The van der Waals surface area contributed by atoms with Crippen LogP contribution in [0.1, 0.15) is 12.5 Å². The summed E-state index contributed by atoms with van der Waals surface area (Å²) in [5, 5.41) is 0. The molecule has 19 heavy (non-hydrogen) atoms. The summed E-state index contributed by atoms with van der Waals surface area (Å²) in [5.41, 5.74) is 1.03. The van der Waals surface area contributed by atoms with Gasteiger partial charge in [0.15, 0.2) is 0 Å². The first-order valence-corrected chi connectivity index (χ1v) is 7.92. The summed E-state index contributed by atoms with van der Waals surface area (Å²) in [5.74, 6) is 0. The normalized spacial score (nSPS) is 21.5. The lowest BCUT2D eigenvalue weighted by atomic mass is 10.2. The first-order chi connectivity index (χ1) is 9.01. The van der Waals surface area contributed by atoms with E-state index in [9.17, 15) is 8.42 Å². The van der Waals surface area contributed by atoms with Gasteiger partial charge in [-0.1, -0.05) is 24.6 Å². The summed E-state index contributed by atoms with van der Waals surface area (Å²) >= 11 is 0. The van der Waals surface area contributed by atoms with Crippen LogP contribution in [0.5, 0.6) is 0 Å². The van der Waals surface area contributed by atoms with Crippen molar-refractivity contribution in [1.29, 1.82) is 0 Å². The number of nitrogens with zero attached hydrogens (tertiary/aromatic N) is 1. The number of aryl methyl sites for hydroxylation is 1. The van der Waals surface area contributed by atoms with E-state index in [1.807, 2.05) is 6.92 Å². The van der Waals surface area contributed by atoms with Gasteiger partial charge in [-0.2, -0.15) is 4.72 Å². The zero-order valence-corrected chi connectivity index (χ0v) is 12.1. The van der Waals surface area contributed by atoms with Gasteiger partial charge in [-0.3, -0.25) is 4.90 Å². The third-order valence-electron chi connectivity index (χ3n) is 3.22. The van der Waals surface area contributed by atoms with Gasteiger partial charge in [0, 0.05) is 13.1 Å². The second-order valence-corrected chi connectivity index (χ2v) is 6.40. The molecule has 1 saturated heterocycles. The van der Waals surface area contributed by atoms with E-state index in [4.69, 9.17) is 4.74 Å². The highest BCUT2D eigenvalue weighted by Gasteiger charge is 2.25. The Morgan fingerprint density at radius 1 is 1.37 bits per heavy atom. The number of benzene rings is 1. The second kappa shape index (κ2) is 6.00. The predicted octanol–water partition coefficient (Wildman–Crippen LogP) is 0.952. The molecule has 1 aliphatic rings. The molecule has 0 aliphatic carbocycles. The third kappa shape index (κ3) is 3.76. The number of likely N-dealkylation sites (N-methyl/N-ethyl adjacent to an activating group) is 1. The molecule has 0 bridgehead atoms. The molecule has 0 amide bonds. The number of hydrogen-bond donors (Lipinski definition) is 1. The van der Waals surface area contributed by atoms with Gasteiger partial charge in [-0.15, -0.1) is 0 Å². The number of hydrogen-bond acceptors (Lipinski definition) is 4. The van der Waals surface area contributed by atoms with Gasteiger partial charge in [0.25, 0.3) is 0 Å². The summed E-state index contributed by atoms with van der Waals surface area (Å²) in [7, 11) is -3.51. The average molecular weight is 284 g/mol. The van der Waals surface area contributed by atoms with E-state index in [0.29, 0.717) is 13.2 Å². The maximum absolute atomic E-state index is 12.2. The summed E-state index contributed by atoms with van der Waals surface area (Å²) in [6, 6.07) is 6.79. The molecule has 2 rings (SSSR count). The molecule has 1 aromatic carbocycles. The Labute approximate surface area is 114 Å². The second-order valence-electron chi connectivity index (χ2n) is 4.69. The first-order valence-electron chi connectivity index (χ1n) is 6.44. The maximum Gasteiger partial charge on any atom is 0.242 e. The summed E-state index contributed by atoms with van der Waals surface area (Å²) in [6.07, 6.45) is -0.472. The van der Waals surface area contributed by atoms with Gasteiger partial charge in [0.05, 0.1) is 11.5 Å². The first kappa shape index (κ1) is 14.5. The lowest BCUT2D eigenvalue weighted by Gasteiger charge is -2.32. The molecule has 106 valence electrons. The molecule has 1 heterocycles. The largest absolute Gasteiger partial charge is 0.360 e. The van der Waals surface area contributed by atoms with Crippen LogP contribution in [0.25, 0.3) is 0 Å². The standard InChI is InChI=1S/C13H20N2O3S/c1-3-15-8-9-18-13(10-15)14-19(16,17)12-6-4-11(2)5-7-12/h4-7,13-14H,3,8-10H2,1-2H3. The SMILES string of the molecule is CCN1CCOC(NS(=O)(=O)c2ccc(C)cc2)C1. The Bertz CT molecular complexity index is 513. The Kier molecular flexibility index (Phi) is 4.57. The number of sulfonamides is 1. The van der Waals surface area contributed by atoms with Crippen LogP contribution in [0.4, 0.5) is 0 Å². The molecule has 1 aromatic rings. The predicted molar refractivity (Wildman–Crippen MR) is 73.4 cm³/mol. The van der Waals surface area contributed by atoms with Crippen LogP contribution in [-0.4, -0.2) is 45.8 Å². The molecule has 6 heteroatoms. The van der Waals surface area contributed by atoms with Crippen molar-refractivity contribution in [2.45, 2.75) is 25.0 Å². The van der Waals surface area contributed by atoms with Crippen LogP contribution >= 0.6 is 0 Å². The fourth-order valence-corrected chi connectivity index (χ4v) is 3.14. The average Bonchev–Trinajstić information content (AvgIpc) is 2.39. The topological polar surface area (TPSA) is 58.6 Å². The quantitative estimate of drug-likeness (QED) is 0.894. The van der Waals surface area contributed by atoms with Crippen LogP contribution in [0.3, 0.4) is 0 Å². The molecule has 1 atom stereocenters. The number of ether oxygens (including phenoxy) is 1. The zero-order chi connectivity index (χ0) is 13.9. The minimum Gasteiger partial charge on any atom is -0.360 e. The lowest BCUT2D eigenvalue weighted by molar-refractivity contribution is -0.0318. The lowest BCUT2D eigenvalue weighted by Crippen LogP contribution is -2.50. The van der Waals surface area contributed by atoms with Crippen molar-refractivity contribution in [3.8, 4) is 0 Å². The van der Waals surface area contributed by atoms with E-state index in [1.165, 1.54) is 0 Å². The Balaban J connectivity index is 2.06. The number of rotatable bonds is 4. The monoisotopic (exact) mass is 284 g/mol. The molecular weight excluding hydrogens is 264 g/mol. The fraction of sp³-hybridized carbons (Fsp3) is 0.538. The molecule has 1 fully saturated rings. The van der Waals surface area contributed by atoms with Crippen molar-refractivity contribution in [2.75, 3.05) is 26.2 Å². The van der Waals surface area contributed by atoms with Crippen LogP contribution < -0.4 is 4.72 Å². The van der Waals surface area contributed by atoms with Crippen LogP contribution in [0.2, 0.25) is 0 Å². The minimum absolute atomic E-state index is 0.273. The van der Waals surface area contributed by atoms with Gasteiger partial charge in [0.1, 0.15) is 6.23 Å². The van der Waals surface area contributed by atoms with Gasteiger partial charge in [-0.25, -0.2) is 8.42 Å². The summed E-state index contributed by atoms with van der Waals surface area (Å²) < 4.78 is 32.5. The molecule has 1 N–H and O–H groups in total. The highest BCUT2D eigenvalue weighted by atomic mass is 32.2. The highest BCUT2D eigenvalue weighted by molar-refractivity contribution is 7.89. The van der Waals surface area contributed by atoms with Crippen LogP contribution in [0, 0.1) is 6.92 Å². The van der Waals surface area contributed by atoms with Crippen molar-refractivity contribution in [1.82, 2.24) is 9.62 Å². The smallest absolute Gasteiger partial charge is 0.242 e. The molecule has 0 saturated carbocycles. The van der Waals surface area contributed by atoms with E-state index in [2.05, 4.69) is 16.5 Å². The molecule has 0 radical (unpaired) electrons. The zero-order valence-electron chi connectivity index (χ0n) is 11.3. The molecular formula is C13H20N2O3S. The van der Waals surface area contributed by atoms with E-state index < -0.39 is 16.3 Å². The third-order valence-corrected chi connectivity index (χ3v) is 4.68. The Morgan fingerprint density at radius 2 is 2.05 bits per heavy atom. The van der Waals surface area contributed by atoms with Crippen molar-refractivity contribution in [2.24, 2.45) is 0 Å². The molecule has 0 aromatic heterocycles. The Hall–Kier alpha value is -0.950. The van der Waals surface area contributed by atoms with Gasteiger partial charge in [-0.05, 0) is 25.6 Å². The van der Waals surface area contributed by atoms with E-state index in [1.54, 1.807) is 24.3 Å². The van der Waals surface area contributed by atoms with E-state index in [-0.39, 0.29) is 4.90 Å². The van der Waals surface area contributed by atoms with E-state index in [0.717, 1.165) is 18.7 Å². The summed E-state index contributed by atoms with van der Waals surface area (Å²) in [4.78, 5) is 2.43. The van der Waals surface area contributed by atoms with E-state index >= 15 is 0 Å². The maximum atomic E-state index is 12.2. The number of nitrogens with one attached hydrogen (secondary N) is 1. The summed E-state index contributed by atoms with van der Waals surface area (Å²) in [6.45, 7) is 6.85. The van der Waals surface area contributed by atoms with Crippen molar-refractivity contribution < 1.29 is 13.2 Å². The van der Waals surface area contributed by atoms with Crippen molar-refractivity contribution >= 4 is 10.0 Å². The molecule has 1 aliphatic heterocycles. The van der Waals surface area contributed by atoms with Gasteiger partial charge in [0.2, 0.25) is 10.0 Å². The molecule has 0 spiro atoms. The molecule has 5 nitrogen and oxygen atoms in total. The minimum atomic E-state index is -3.51. The van der Waals surface area contributed by atoms with Gasteiger partial charge >= 0.3 is 0 Å². The van der Waals surface area contributed by atoms with Crippen molar-refractivity contribution in [3.05, 3.63) is 29.8 Å². The van der Waals surface area contributed by atoms with Gasteiger partial charge < -0.3 is 4.74 Å². The Morgan fingerprint density at radius 3 is 2.68 bits per heavy atom. The fourth-order valence-electron chi connectivity index (χ4n) is 2.02. The number of morpholine rings is 1. The molecule has 1 unspecified atom stereocenters. The van der Waals surface area contributed by atoms with Crippen LogP contribution in [-0.2, 0) is 14.8 Å². The van der Waals surface area contributed by atoms with Crippen LogP contribution in [0.15, 0.2) is 29.2 Å².